The Hall–Kier alpha value is -1.75. The highest BCUT2D eigenvalue weighted by molar-refractivity contribution is 5.97. The van der Waals surface area contributed by atoms with Gasteiger partial charge < -0.3 is 5.73 Å². The van der Waals surface area contributed by atoms with E-state index in [0.29, 0.717) is 24.8 Å². The molecular weight excluding hydrogens is 235 g/mol. The Morgan fingerprint density at radius 1 is 1.22 bits per heavy atom. The van der Waals surface area contributed by atoms with Gasteiger partial charge in [-0.3, -0.25) is 14.5 Å². The molecule has 2 N–H and O–H groups in total. The zero-order valence-corrected chi connectivity index (χ0v) is 9.99. The summed E-state index contributed by atoms with van der Waals surface area (Å²) in [7, 11) is 0. The lowest BCUT2D eigenvalue weighted by atomic mass is 10.1. The lowest BCUT2D eigenvalue weighted by Crippen LogP contribution is -2.39. The standard InChI is InChI=1S/C13H15FN2O2/c14-11-5-4-9(6-10(11)7-15)8-16-12(17)2-1-3-13(16)18/h4-6H,1-3,7-8,15H2. The van der Waals surface area contributed by atoms with Crippen LogP contribution in [-0.2, 0) is 22.7 Å². The van der Waals surface area contributed by atoms with Crippen LogP contribution in [0.25, 0.3) is 0 Å². The molecular formula is C13H15FN2O2. The summed E-state index contributed by atoms with van der Waals surface area (Å²) < 4.78 is 13.3. The minimum absolute atomic E-state index is 0.0988. The fraction of sp³-hybridized carbons (Fsp3) is 0.385. The normalized spacial score (nSPS) is 16.2. The van der Waals surface area contributed by atoms with Gasteiger partial charge in [0.2, 0.25) is 11.8 Å². The molecule has 18 heavy (non-hydrogen) atoms. The molecule has 0 atom stereocenters. The van der Waals surface area contributed by atoms with Crippen molar-refractivity contribution in [2.24, 2.45) is 5.73 Å². The Kier molecular flexibility index (Phi) is 3.72. The van der Waals surface area contributed by atoms with E-state index in [-0.39, 0.29) is 30.7 Å². The van der Waals surface area contributed by atoms with E-state index < -0.39 is 0 Å². The molecule has 0 aliphatic carbocycles. The number of carbonyl (C=O) groups excluding carboxylic acids is 2. The van der Waals surface area contributed by atoms with Crippen molar-refractivity contribution in [2.75, 3.05) is 0 Å². The number of carbonyl (C=O) groups is 2. The van der Waals surface area contributed by atoms with E-state index in [1.807, 2.05) is 0 Å². The van der Waals surface area contributed by atoms with E-state index in [2.05, 4.69) is 0 Å². The monoisotopic (exact) mass is 250 g/mol. The van der Waals surface area contributed by atoms with Crippen molar-refractivity contribution in [3.05, 3.63) is 35.1 Å². The summed E-state index contributed by atoms with van der Waals surface area (Å²) in [6.45, 7) is 0.298. The summed E-state index contributed by atoms with van der Waals surface area (Å²) in [6, 6.07) is 4.49. The molecule has 4 nitrogen and oxygen atoms in total. The molecule has 5 heteroatoms. The second-order valence-electron chi connectivity index (χ2n) is 4.36. The Bertz CT molecular complexity index is 472. The lowest BCUT2D eigenvalue weighted by Gasteiger charge is -2.25. The van der Waals surface area contributed by atoms with Gasteiger partial charge in [-0.25, -0.2) is 4.39 Å². The molecule has 2 amide bonds. The van der Waals surface area contributed by atoms with Gasteiger partial charge >= 0.3 is 0 Å². The second kappa shape index (κ2) is 5.27. The summed E-state index contributed by atoms with van der Waals surface area (Å²) in [4.78, 5) is 24.5. The Labute approximate surface area is 105 Å². The zero-order chi connectivity index (χ0) is 13.1. The van der Waals surface area contributed by atoms with Crippen LogP contribution in [0.1, 0.15) is 30.4 Å². The van der Waals surface area contributed by atoms with Gasteiger partial charge in [0.15, 0.2) is 0 Å². The van der Waals surface area contributed by atoms with Crippen molar-refractivity contribution in [1.82, 2.24) is 4.90 Å². The third kappa shape index (κ3) is 2.56. The van der Waals surface area contributed by atoms with Crippen molar-refractivity contribution in [2.45, 2.75) is 32.4 Å². The van der Waals surface area contributed by atoms with Crippen LogP contribution in [0.3, 0.4) is 0 Å². The fourth-order valence-corrected chi connectivity index (χ4v) is 2.04. The average molecular weight is 250 g/mol. The first-order chi connectivity index (χ1) is 8.61. The average Bonchev–Trinajstić information content (AvgIpc) is 2.36. The third-order valence-electron chi connectivity index (χ3n) is 3.05. The first kappa shape index (κ1) is 12.7. The number of hydrogen-bond donors (Lipinski definition) is 1. The van der Waals surface area contributed by atoms with Crippen LogP contribution in [-0.4, -0.2) is 16.7 Å². The molecule has 1 aromatic carbocycles. The molecule has 0 aromatic heterocycles. The molecule has 0 radical (unpaired) electrons. The molecule has 1 aliphatic rings. The molecule has 1 heterocycles. The number of amides is 2. The summed E-state index contributed by atoms with van der Waals surface area (Å²) in [6.07, 6.45) is 1.42. The summed E-state index contributed by atoms with van der Waals surface area (Å²) in [5, 5.41) is 0. The molecule has 1 aromatic rings. The number of imide groups is 1. The first-order valence-corrected chi connectivity index (χ1v) is 5.92. The van der Waals surface area contributed by atoms with E-state index in [9.17, 15) is 14.0 Å². The number of nitrogens with two attached hydrogens (primary N) is 1. The summed E-state index contributed by atoms with van der Waals surface area (Å²) >= 11 is 0. The Morgan fingerprint density at radius 3 is 2.50 bits per heavy atom. The van der Waals surface area contributed by atoms with Gasteiger partial charge in [0.1, 0.15) is 5.82 Å². The van der Waals surface area contributed by atoms with Crippen LogP contribution in [0.15, 0.2) is 18.2 Å². The van der Waals surface area contributed by atoms with Gasteiger partial charge in [0.25, 0.3) is 0 Å². The van der Waals surface area contributed by atoms with Gasteiger partial charge in [0.05, 0.1) is 6.54 Å². The number of halogens is 1. The number of hydrogen-bond acceptors (Lipinski definition) is 3. The van der Waals surface area contributed by atoms with Gasteiger partial charge in [-0.05, 0) is 24.1 Å². The summed E-state index contributed by atoms with van der Waals surface area (Å²) in [5.74, 6) is -0.688. The van der Waals surface area contributed by atoms with Crippen molar-refractivity contribution in [3.8, 4) is 0 Å². The van der Waals surface area contributed by atoms with E-state index in [1.54, 1.807) is 12.1 Å². The Balaban J connectivity index is 2.17. The van der Waals surface area contributed by atoms with E-state index in [1.165, 1.54) is 11.0 Å². The van der Waals surface area contributed by atoms with Crippen LogP contribution in [0, 0.1) is 5.82 Å². The van der Waals surface area contributed by atoms with Crippen LogP contribution in [0.2, 0.25) is 0 Å². The van der Waals surface area contributed by atoms with Gasteiger partial charge in [0, 0.05) is 24.9 Å². The smallest absolute Gasteiger partial charge is 0.229 e. The third-order valence-corrected chi connectivity index (χ3v) is 3.05. The lowest BCUT2D eigenvalue weighted by molar-refractivity contribution is -0.148. The molecule has 96 valence electrons. The number of benzene rings is 1. The van der Waals surface area contributed by atoms with Crippen molar-refractivity contribution >= 4 is 11.8 Å². The number of nitrogens with zero attached hydrogens (tertiary/aromatic N) is 1. The maximum absolute atomic E-state index is 13.3. The molecule has 0 spiro atoms. The largest absolute Gasteiger partial charge is 0.326 e. The van der Waals surface area contributed by atoms with E-state index in [0.717, 1.165) is 5.56 Å². The first-order valence-electron chi connectivity index (χ1n) is 5.92. The van der Waals surface area contributed by atoms with Crippen molar-refractivity contribution in [3.63, 3.8) is 0 Å². The Morgan fingerprint density at radius 2 is 1.89 bits per heavy atom. The molecule has 1 saturated heterocycles. The van der Waals surface area contributed by atoms with Gasteiger partial charge in [-0.15, -0.1) is 0 Å². The zero-order valence-electron chi connectivity index (χ0n) is 9.99. The van der Waals surface area contributed by atoms with Crippen LogP contribution in [0.4, 0.5) is 4.39 Å². The molecule has 0 saturated carbocycles. The minimum atomic E-state index is -0.363. The predicted molar refractivity (Wildman–Crippen MR) is 63.7 cm³/mol. The van der Waals surface area contributed by atoms with Crippen LogP contribution < -0.4 is 5.73 Å². The molecule has 1 fully saturated rings. The molecule has 0 bridgehead atoms. The number of likely N-dealkylation sites (tertiary alicyclic amines) is 1. The molecule has 1 aliphatic heterocycles. The molecule has 0 unspecified atom stereocenters. The van der Waals surface area contributed by atoms with Gasteiger partial charge in [-0.1, -0.05) is 6.07 Å². The summed E-state index contributed by atoms with van der Waals surface area (Å²) in [5.41, 5.74) is 6.54. The number of rotatable bonds is 3. The van der Waals surface area contributed by atoms with Gasteiger partial charge in [-0.2, -0.15) is 0 Å². The minimum Gasteiger partial charge on any atom is -0.326 e. The van der Waals surface area contributed by atoms with Crippen molar-refractivity contribution < 1.29 is 14.0 Å². The van der Waals surface area contributed by atoms with E-state index >= 15 is 0 Å². The van der Waals surface area contributed by atoms with Crippen LogP contribution >= 0.6 is 0 Å². The predicted octanol–water partition coefficient (Wildman–Crippen LogP) is 1.32. The quantitative estimate of drug-likeness (QED) is 0.823. The second-order valence-corrected chi connectivity index (χ2v) is 4.36. The van der Waals surface area contributed by atoms with Crippen LogP contribution in [0.5, 0.6) is 0 Å². The number of piperidine rings is 1. The molecule has 2 rings (SSSR count). The highest BCUT2D eigenvalue weighted by Crippen LogP contribution is 2.17. The highest BCUT2D eigenvalue weighted by Gasteiger charge is 2.25. The maximum Gasteiger partial charge on any atom is 0.229 e. The highest BCUT2D eigenvalue weighted by atomic mass is 19.1. The van der Waals surface area contributed by atoms with E-state index in [4.69, 9.17) is 5.73 Å². The van der Waals surface area contributed by atoms with Crippen molar-refractivity contribution in [1.29, 1.82) is 0 Å². The maximum atomic E-state index is 13.3. The SMILES string of the molecule is NCc1cc(CN2C(=O)CCCC2=O)ccc1F. The fourth-order valence-electron chi connectivity index (χ4n) is 2.04. The topological polar surface area (TPSA) is 63.4 Å².